The number of carbonyl (C=O) groups excluding carboxylic acids is 1. The van der Waals surface area contributed by atoms with Gasteiger partial charge in [-0.05, 0) is 6.92 Å². The van der Waals surface area contributed by atoms with Crippen LogP contribution >= 0.6 is 0 Å². The van der Waals surface area contributed by atoms with E-state index < -0.39 is 5.97 Å². The number of esters is 1. The lowest BCUT2D eigenvalue weighted by Crippen LogP contribution is -2.19. The Hall–Kier alpha value is -1.84. The normalized spacial score (nSPS) is 10.9. The number of oxime groups is 1. The van der Waals surface area contributed by atoms with Gasteiger partial charge in [-0.15, -0.1) is 0 Å². The minimum absolute atomic E-state index is 0.181. The lowest BCUT2D eigenvalue weighted by atomic mass is 10.1. The maximum absolute atomic E-state index is 11.5. The maximum Gasteiger partial charge on any atom is 0.361 e. The number of nitrogens with zero attached hydrogens (tertiary/aromatic N) is 1. The topological polar surface area (TPSA) is 47.9 Å². The molecule has 80 valence electrons. The first kappa shape index (κ1) is 11.2. The molecule has 15 heavy (non-hydrogen) atoms. The van der Waals surface area contributed by atoms with Crippen LogP contribution in [0.15, 0.2) is 35.5 Å². The van der Waals surface area contributed by atoms with E-state index in [2.05, 4.69) is 9.99 Å². The number of ether oxygens (including phenoxy) is 1. The Kier molecular flexibility index (Phi) is 4.34. The van der Waals surface area contributed by atoms with Gasteiger partial charge in [0.2, 0.25) is 0 Å². The second kappa shape index (κ2) is 5.80. The molecule has 0 N–H and O–H groups in total. The van der Waals surface area contributed by atoms with Gasteiger partial charge in [0.25, 0.3) is 0 Å². The highest BCUT2D eigenvalue weighted by molar-refractivity contribution is 6.43. The van der Waals surface area contributed by atoms with Gasteiger partial charge in [-0.1, -0.05) is 35.5 Å². The first-order valence-electron chi connectivity index (χ1n) is 4.63. The summed E-state index contributed by atoms with van der Waals surface area (Å²) in [6.07, 6.45) is 0. The maximum atomic E-state index is 11.5. The second-order valence-electron chi connectivity index (χ2n) is 2.71. The molecule has 0 aliphatic rings. The van der Waals surface area contributed by atoms with Crippen molar-refractivity contribution in [1.29, 1.82) is 0 Å². The smallest absolute Gasteiger partial charge is 0.361 e. The molecule has 0 fully saturated rings. The monoisotopic (exact) mass is 207 g/mol. The molecule has 0 atom stereocenters. The summed E-state index contributed by atoms with van der Waals surface area (Å²) in [7, 11) is 1.39. The molecule has 1 aromatic rings. The van der Waals surface area contributed by atoms with Crippen LogP contribution in [-0.2, 0) is 14.4 Å². The van der Waals surface area contributed by atoms with Crippen LogP contribution in [0.3, 0.4) is 0 Å². The van der Waals surface area contributed by atoms with Crippen molar-refractivity contribution in [1.82, 2.24) is 0 Å². The van der Waals surface area contributed by atoms with Crippen LogP contribution in [0.2, 0.25) is 0 Å². The van der Waals surface area contributed by atoms with Crippen molar-refractivity contribution in [2.45, 2.75) is 6.92 Å². The zero-order valence-corrected chi connectivity index (χ0v) is 8.77. The summed E-state index contributed by atoms with van der Waals surface area (Å²) in [5, 5.41) is 3.66. The second-order valence-corrected chi connectivity index (χ2v) is 2.71. The molecular formula is C11H13NO3. The Morgan fingerprint density at radius 2 is 2.00 bits per heavy atom. The van der Waals surface area contributed by atoms with Crippen molar-refractivity contribution < 1.29 is 14.4 Å². The highest BCUT2D eigenvalue weighted by Gasteiger charge is 2.15. The molecule has 0 saturated heterocycles. The van der Waals surface area contributed by atoms with Crippen molar-refractivity contribution >= 4 is 11.7 Å². The highest BCUT2D eigenvalue weighted by atomic mass is 16.6. The summed E-state index contributed by atoms with van der Waals surface area (Å²) in [6.45, 7) is 2.06. The third-order valence-electron chi connectivity index (χ3n) is 1.70. The van der Waals surface area contributed by atoms with Crippen molar-refractivity contribution in [3.05, 3.63) is 35.9 Å². The average Bonchev–Trinajstić information content (AvgIpc) is 2.27. The van der Waals surface area contributed by atoms with E-state index in [0.29, 0.717) is 12.2 Å². The van der Waals surface area contributed by atoms with Crippen LogP contribution in [0.4, 0.5) is 0 Å². The van der Waals surface area contributed by atoms with Gasteiger partial charge in [0.1, 0.15) is 7.11 Å². The van der Waals surface area contributed by atoms with E-state index in [1.54, 1.807) is 19.1 Å². The fourth-order valence-corrected chi connectivity index (χ4v) is 1.09. The molecule has 1 rings (SSSR count). The van der Waals surface area contributed by atoms with Gasteiger partial charge in [-0.3, -0.25) is 0 Å². The van der Waals surface area contributed by atoms with Gasteiger partial charge in [-0.25, -0.2) is 4.79 Å². The van der Waals surface area contributed by atoms with Crippen LogP contribution < -0.4 is 0 Å². The lowest BCUT2D eigenvalue weighted by Gasteiger charge is -2.04. The van der Waals surface area contributed by atoms with Gasteiger partial charge >= 0.3 is 5.97 Å². The summed E-state index contributed by atoms with van der Waals surface area (Å²) in [6, 6.07) is 9.04. The molecule has 0 amide bonds. The summed E-state index contributed by atoms with van der Waals surface area (Å²) in [5.74, 6) is -0.481. The molecule has 0 aliphatic carbocycles. The molecule has 4 heteroatoms. The van der Waals surface area contributed by atoms with Crippen LogP contribution in [0.1, 0.15) is 12.5 Å². The first-order valence-corrected chi connectivity index (χ1v) is 4.63. The number of rotatable bonds is 4. The van der Waals surface area contributed by atoms with E-state index in [9.17, 15) is 4.79 Å². The van der Waals surface area contributed by atoms with E-state index in [1.165, 1.54) is 7.11 Å². The lowest BCUT2D eigenvalue weighted by molar-refractivity contribution is -0.135. The third kappa shape index (κ3) is 3.09. The molecule has 0 aliphatic heterocycles. The molecule has 0 saturated carbocycles. The molecule has 0 aromatic heterocycles. The Morgan fingerprint density at radius 3 is 2.53 bits per heavy atom. The van der Waals surface area contributed by atoms with E-state index >= 15 is 0 Å². The summed E-state index contributed by atoms with van der Waals surface area (Å²) in [4.78, 5) is 16.1. The minimum Gasteiger partial charge on any atom is -0.461 e. The van der Waals surface area contributed by atoms with Crippen LogP contribution in [0, 0.1) is 0 Å². The highest BCUT2D eigenvalue weighted by Crippen LogP contribution is 2.03. The van der Waals surface area contributed by atoms with E-state index in [-0.39, 0.29) is 5.71 Å². The Labute approximate surface area is 88.5 Å². The molecule has 0 unspecified atom stereocenters. The predicted molar refractivity (Wildman–Crippen MR) is 56.6 cm³/mol. The molecular weight excluding hydrogens is 194 g/mol. The van der Waals surface area contributed by atoms with Gasteiger partial charge in [0.05, 0.1) is 6.61 Å². The summed E-state index contributed by atoms with van der Waals surface area (Å²) >= 11 is 0. The Bertz CT molecular complexity index is 346. The number of benzene rings is 1. The summed E-state index contributed by atoms with van der Waals surface area (Å²) in [5.41, 5.74) is 0.859. The van der Waals surface area contributed by atoms with Gasteiger partial charge in [0.15, 0.2) is 5.71 Å². The fourth-order valence-electron chi connectivity index (χ4n) is 1.09. The molecule has 0 heterocycles. The van der Waals surface area contributed by atoms with Crippen molar-refractivity contribution in [3.63, 3.8) is 0 Å². The minimum atomic E-state index is -0.481. The SMILES string of the molecule is CCOC(=O)C(=NOC)c1ccccc1. The van der Waals surface area contributed by atoms with Crippen LogP contribution in [-0.4, -0.2) is 25.4 Å². The molecule has 0 spiro atoms. The molecule has 0 radical (unpaired) electrons. The number of carbonyl (C=O) groups is 1. The van der Waals surface area contributed by atoms with Crippen molar-refractivity contribution in [3.8, 4) is 0 Å². The first-order chi connectivity index (χ1) is 7.29. The largest absolute Gasteiger partial charge is 0.461 e. The standard InChI is InChI=1S/C11H13NO3/c1-3-15-11(13)10(12-14-2)9-7-5-4-6-8-9/h4-8H,3H2,1-2H3. The Morgan fingerprint density at radius 1 is 1.33 bits per heavy atom. The average molecular weight is 207 g/mol. The van der Waals surface area contributed by atoms with Gasteiger partial charge in [-0.2, -0.15) is 0 Å². The van der Waals surface area contributed by atoms with E-state index in [1.807, 2.05) is 18.2 Å². The third-order valence-corrected chi connectivity index (χ3v) is 1.70. The zero-order chi connectivity index (χ0) is 11.1. The molecule has 4 nitrogen and oxygen atoms in total. The summed E-state index contributed by atoms with van der Waals surface area (Å²) < 4.78 is 4.86. The molecule has 0 bridgehead atoms. The fraction of sp³-hybridized carbons (Fsp3) is 0.273. The van der Waals surface area contributed by atoms with Crippen molar-refractivity contribution in [2.75, 3.05) is 13.7 Å². The van der Waals surface area contributed by atoms with Crippen molar-refractivity contribution in [2.24, 2.45) is 5.16 Å². The quantitative estimate of drug-likeness (QED) is 0.428. The van der Waals surface area contributed by atoms with Gasteiger partial charge < -0.3 is 9.57 Å². The van der Waals surface area contributed by atoms with Crippen LogP contribution in [0.5, 0.6) is 0 Å². The molecule has 1 aromatic carbocycles. The van der Waals surface area contributed by atoms with Gasteiger partial charge in [0, 0.05) is 5.56 Å². The zero-order valence-electron chi connectivity index (χ0n) is 8.77. The van der Waals surface area contributed by atoms with Crippen LogP contribution in [0.25, 0.3) is 0 Å². The van der Waals surface area contributed by atoms with E-state index in [0.717, 1.165) is 0 Å². The number of hydrogen-bond acceptors (Lipinski definition) is 4. The number of hydrogen-bond donors (Lipinski definition) is 0. The van der Waals surface area contributed by atoms with E-state index in [4.69, 9.17) is 4.74 Å². The predicted octanol–water partition coefficient (Wildman–Crippen LogP) is 1.60. The Balaban J connectivity index is 2.94.